The number of nitrogens with one attached hydrogen (secondary N) is 3. The molecule has 1 aliphatic rings. The summed E-state index contributed by atoms with van der Waals surface area (Å²) in [5, 5.41) is 8.17. The Hall–Kier alpha value is -2.79. The molecule has 0 saturated heterocycles. The fraction of sp³-hybridized carbons (Fsp3) is 0.577. The third-order valence-electron chi connectivity index (χ3n) is 6.13. The Morgan fingerprint density at radius 3 is 2.62 bits per heavy atom. The minimum atomic E-state index is -0.669. The van der Waals surface area contributed by atoms with Crippen LogP contribution in [0.5, 0.6) is 0 Å². The fourth-order valence-corrected chi connectivity index (χ4v) is 4.32. The highest BCUT2D eigenvalue weighted by molar-refractivity contribution is 8.13. The zero-order valence-corrected chi connectivity index (χ0v) is 22.9. The summed E-state index contributed by atoms with van der Waals surface area (Å²) in [6, 6.07) is 1.94. The van der Waals surface area contributed by atoms with Gasteiger partial charge in [-0.3, -0.25) is 19.2 Å². The van der Waals surface area contributed by atoms with E-state index >= 15 is 0 Å². The number of fused-ring (bicyclic) bond motifs is 2. The third-order valence-corrected chi connectivity index (χ3v) is 7.03. The minimum Gasteiger partial charge on any atom is -0.375 e. The quantitative estimate of drug-likeness (QED) is 0.377. The first-order valence-electron chi connectivity index (χ1n) is 12.5. The summed E-state index contributed by atoms with van der Waals surface area (Å²) < 4.78 is 20.5. The van der Waals surface area contributed by atoms with Crippen LogP contribution in [0, 0.1) is 17.7 Å². The molecule has 2 heterocycles. The van der Waals surface area contributed by atoms with Crippen molar-refractivity contribution in [1.29, 1.82) is 0 Å². The molecule has 3 amide bonds. The average molecular weight is 537 g/mol. The summed E-state index contributed by atoms with van der Waals surface area (Å²) in [5.41, 5.74) is -0.133. The highest BCUT2D eigenvalue weighted by atomic mass is 32.2. The van der Waals surface area contributed by atoms with Gasteiger partial charge in [0.05, 0.1) is 37.4 Å². The van der Waals surface area contributed by atoms with Crippen molar-refractivity contribution in [2.24, 2.45) is 11.8 Å². The zero-order chi connectivity index (χ0) is 27.5. The first kappa shape index (κ1) is 30.4. The van der Waals surface area contributed by atoms with E-state index in [1.165, 1.54) is 30.8 Å². The molecule has 1 aromatic rings. The van der Waals surface area contributed by atoms with Gasteiger partial charge in [-0.1, -0.05) is 38.6 Å². The van der Waals surface area contributed by atoms with Crippen LogP contribution in [-0.4, -0.2) is 52.3 Å². The van der Waals surface area contributed by atoms with E-state index in [9.17, 15) is 23.6 Å². The van der Waals surface area contributed by atoms with Crippen LogP contribution in [0.1, 0.15) is 70.1 Å². The number of pyridine rings is 1. The SMILES string of the molecule is C/C=C1\NC(=O)c2ccc(F)c(n2)CNC(=O)C[C@@H](C(C)CCCSC(C)=O)OC[C@H](C(C)C)NC1=O. The number of amides is 3. The lowest BCUT2D eigenvalue weighted by atomic mass is 9.96. The molecule has 0 aromatic carbocycles. The van der Waals surface area contributed by atoms with Gasteiger partial charge in [-0.2, -0.15) is 0 Å². The topological polar surface area (TPSA) is 126 Å². The van der Waals surface area contributed by atoms with Crippen LogP contribution in [0.4, 0.5) is 4.39 Å². The molecule has 0 aliphatic carbocycles. The van der Waals surface area contributed by atoms with E-state index in [4.69, 9.17) is 4.74 Å². The van der Waals surface area contributed by atoms with Crippen molar-refractivity contribution < 1.29 is 28.3 Å². The second-order valence-electron chi connectivity index (χ2n) is 9.42. The van der Waals surface area contributed by atoms with Crippen LogP contribution in [0.15, 0.2) is 23.9 Å². The van der Waals surface area contributed by atoms with Gasteiger partial charge >= 0.3 is 0 Å². The molecular weight excluding hydrogens is 499 g/mol. The van der Waals surface area contributed by atoms with Crippen molar-refractivity contribution in [3.05, 3.63) is 41.1 Å². The van der Waals surface area contributed by atoms with E-state index < -0.39 is 23.7 Å². The molecule has 0 radical (unpaired) electrons. The molecule has 2 bridgehead atoms. The maximum atomic E-state index is 14.3. The molecule has 0 fully saturated rings. The van der Waals surface area contributed by atoms with Crippen LogP contribution in [0.25, 0.3) is 0 Å². The summed E-state index contributed by atoms with van der Waals surface area (Å²) >= 11 is 1.26. The Kier molecular flexibility index (Phi) is 12.2. The third kappa shape index (κ3) is 9.88. The highest BCUT2D eigenvalue weighted by Gasteiger charge is 2.26. The predicted octanol–water partition coefficient (Wildman–Crippen LogP) is 3.10. The van der Waals surface area contributed by atoms with Gasteiger partial charge in [0.15, 0.2) is 5.12 Å². The van der Waals surface area contributed by atoms with E-state index in [0.29, 0.717) is 5.75 Å². The molecule has 1 aliphatic heterocycles. The van der Waals surface area contributed by atoms with Crippen molar-refractivity contribution in [3.63, 3.8) is 0 Å². The molecule has 204 valence electrons. The number of hydrogen-bond acceptors (Lipinski definition) is 7. The van der Waals surface area contributed by atoms with E-state index in [0.717, 1.165) is 18.9 Å². The number of thioether (sulfide) groups is 1. The van der Waals surface area contributed by atoms with Gasteiger partial charge in [0.1, 0.15) is 17.2 Å². The summed E-state index contributed by atoms with van der Waals surface area (Å²) in [5.74, 6) is -1.49. The number of carbonyl (C=O) groups excluding carboxylic acids is 4. The van der Waals surface area contributed by atoms with Crippen LogP contribution in [0.2, 0.25) is 0 Å². The summed E-state index contributed by atoms with van der Waals surface area (Å²) in [4.78, 5) is 53.7. The predicted molar refractivity (Wildman–Crippen MR) is 140 cm³/mol. The number of allylic oxidation sites excluding steroid dienone is 1. The van der Waals surface area contributed by atoms with Crippen LogP contribution >= 0.6 is 11.8 Å². The van der Waals surface area contributed by atoms with Crippen molar-refractivity contribution in [3.8, 4) is 0 Å². The van der Waals surface area contributed by atoms with Crippen molar-refractivity contribution in [2.75, 3.05) is 12.4 Å². The Balaban J connectivity index is 2.30. The van der Waals surface area contributed by atoms with Gasteiger partial charge in [0.25, 0.3) is 11.8 Å². The smallest absolute Gasteiger partial charge is 0.274 e. The van der Waals surface area contributed by atoms with Gasteiger partial charge in [-0.15, -0.1) is 0 Å². The van der Waals surface area contributed by atoms with Crippen molar-refractivity contribution in [2.45, 2.75) is 72.6 Å². The number of aromatic nitrogens is 1. The second-order valence-corrected chi connectivity index (χ2v) is 10.7. The van der Waals surface area contributed by atoms with E-state index in [1.807, 2.05) is 20.8 Å². The lowest BCUT2D eigenvalue weighted by molar-refractivity contribution is -0.126. The molecule has 2 rings (SSSR count). The van der Waals surface area contributed by atoms with Gasteiger partial charge in [-0.25, -0.2) is 9.37 Å². The number of carbonyl (C=O) groups is 4. The molecule has 9 nitrogen and oxygen atoms in total. The molecule has 0 spiro atoms. The fourth-order valence-electron chi connectivity index (χ4n) is 3.72. The lowest BCUT2D eigenvalue weighted by Crippen LogP contribution is -2.46. The Bertz CT molecular complexity index is 1020. The monoisotopic (exact) mass is 536 g/mol. The zero-order valence-electron chi connectivity index (χ0n) is 22.1. The van der Waals surface area contributed by atoms with Crippen LogP contribution < -0.4 is 16.0 Å². The summed E-state index contributed by atoms with van der Waals surface area (Å²) in [6.45, 7) is 8.97. The minimum absolute atomic E-state index is 0.00899. The largest absolute Gasteiger partial charge is 0.375 e. The number of hydrogen-bond donors (Lipinski definition) is 3. The molecule has 0 saturated carbocycles. The van der Waals surface area contributed by atoms with Gasteiger partial charge in [0.2, 0.25) is 5.91 Å². The van der Waals surface area contributed by atoms with Crippen molar-refractivity contribution >= 4 is 34.6 Å². The van der Waals surface area contributed by atoms with Gasteiger partial charge < -0.3 is 20.7 Å². The maximum absolute atomic E-state index is 14.3. The van der Waals surface area contributed by atoms with E-state index in [2.05, 4.69) is 20.9 Å². The summed E-state index contributed by atoms with van der Waals surface area (Å²) in [6.07, 6.45) is 2.57. The molecule has 3 atom stereocenters. The highest BCUT2D eigenvalue weighted by Crippen LogP contribution is 2.21. The Labute approximate surface area is 221 Å². The standard InChI is InChI=1S/C26H37FN4O5S/c1-6-19-25(34)31-22(15(2)3)14-36-23(16(4)8-7-11-37-17(5)32)12-24(33)28-13-21-18(27)9-10-20(29-21)26(35)30-19/h6,9-10,15-16,22-23H,7-8,11-14H2,1-5H3,(H,28,33)(H,30,35)(H,31,34)/b19-6-/t16?,22-,23+/m1/s1. The van der Waals surface area contributed by atoms with Crippen molar-refractivity contribution in [1.82, 2.24) is 20.9 Å². The van der Waals surface area contributed by atoms with E-state index in [-0.39, 0.29) is 65.6 Å². The van der Waals surface area contributed by atoms with E-state index in [1.54, 1.807) is 6.92 Å². The Morgan fingerprint density at radius 2 is 1.97 bits per heavy atom. The molecule has 3 N–H and O–H groups in total. The van der Waals surface area contributed by atoms with Crippen LogP contribution in [-0.2, 0) is 25.7 Å². The number of halogens is 1. The normalized spacial score (nSPS) is 21.8. The molecule has 1 unspecified atom stereocenters. The Morgan fingerprint density at radius 1 is 1.24 bits per heavy atom. The number of nitrogens with zero attached hydrogens (tertiary/aromatic N) is 1. The van der Waals surface area contributed by atoms with Gasteiger partial charge in [0, 0.05) is 12.7 Å². The second kappa shape index (κ2) is 14.8. The molecular formula is C26H37FN4O5S. The maximum Gasteiger partial charge on any atom is 0.274 e. The average Bonchev–Trinajstić information content (AvgIpc) is 2.84. The first-order valence-corrected chi connectivity index (χ1v) is 13.5. The van der Waals surface area contributed by atoms with Gasteiger partial charge in [-0.05, 0) is 43.7 Å². The molecule has 1 aromatic heterocycles. The summed E-state index contributed by atoms with van der Waals surface area (Å²) in [7, 11) is 0. The lowest BCUT2D eigenvalue weighted by Gasteiger charge is -2.29. The molecule has 37 heavy (non-hydrogen) atoms. The number of rotatable bonds is 6. The molecule has 11 heteroatoms. The number of ether oxygens (including phenoxy) is 1. The first-order chi connectivity index (χ1) is 17.5. The van der Waals surface area contributed by atoms with Crippen LogP contribution in [0.3, 0.4) is 0 Å².